The van der Waals surface area contributed by atoms with Crippen molar-refractivity contribution >= 4 is 17.4 Å². The van der Waals surface area contributed by atoms with Gasteiger partial charge in [-0.15, -0.1) is 0 Å². The molecule has 8 heteroatoms. The first-order valence-electron chi connectivity index (χ1n) is 9.04. The SMILES string of the molecule is CNC(=O)N(O)c1ccc2c(c1)CCCCN2Cc1cccc(C(F)(F)F)c1. The molecule has 0 spiro atoms. The number of rotatable bonds is 3. The lowest BCUT2D eigenvalue weighted by Gasteiger charge is -2.26. The topological polar surface area (TPSA) is 55.8 Å². The first kappa shape index (κ1) is 20.0. The smallest absolute Gasteiger partial charge is 0.367 e. The number of hydrogen-bond donors (Lipinski definition) is 2. The zero-order valence-corrected chi connectivity index (χ0v) is 15.5. The van der Waals surface area contributed by atoms with Gasteiger partial charge >= 0.3 is 12.2 Å². The monoisotopic (exact) mass is 393 g/mol. The highest BCUT2D eigenvalue weighted by Gasteiger charge is 2.30. The van der Waals surface area contributed by atoms with Crippen LogP contribution >= 0.6 is 0 Å². The third-order valence-electron chi connectivity index (χ3n) is 4.81. The third-order valence-corrected chi connectivity index (χ3v) is 4.81. The molecule has 5 nitrogen and oxygen atoms in total. The Morgan fingerprint density at radius 2 is 2.00 bits per heavy atom. The van der Waals surface area contributed by atoms with E-state index in [4.69, 9.17) is 0 Å². The van der Waals surface area contributed by atoms with E-state index in [2.05, 4.69) is 5.32 Å². The predicted molar refractivity (Wildman–Crippen MR) is 101 cm³/mol. The standard InChI is InChI=1S/C20H22F3N3O2/c1-24-19(27)26(28)17-8-9-18-15(12-17)6-2-3-10-25(18)13-14-5-4-7-16(11-14)20(21,22)23/h4-5,7-9,11-12,28H,2-3,6,10,13H2,1H3,(H,24,27). The molecule has 2 aromatic carbocycles. The largest absolute Gasteiger partial charge is 0.416 e. The van der Waals surface area contributed by atoms with Crippen LogP contribution < -0.4 is 15.3 Å². The van der Waals surface area contributed by atoms with E-state index < -0.39 is 17.8 Å². The number of fused-ring (bicyclic) bond motifs is 1. The molecule has 2 N–H and O–H groups in total. The van der Waals surface area contributed by atoms with Crippen LogP contribution in [0.5, 0.6) is 0 Å². The molecule has 0 bridgehead atoms. The first-order chi connectivity index (χ1) is 13.3. The summed E-state index contributed by atoms with van der Waals surface area (Å²) in [5.74, 6) is 0. The summed E-state index contributed by atoms with van der Waals surface area (Å²) < 4.78 is 39.0. The molecular weight excluding hydrogens is 371 g/mol. The molecule has 2 amide bonds. The highest BCUT2D eigenvalue weighted by atomic mass is 19.4. The fourth-order valence-corrected chi connectivity index (χ4v) is 3.40. The molecule has 0 fully saturated rings. The average molecular weight is 393 g/mol. The molecule has 0 atom stereocenters. The number of nitrogens with one attached hydrogen (secondary N) is 1. The van der Waals surface area contributed by atoms with Crippen LogP contribution in [0.15, 0.2) is 42.5 Å². The van der Waals surface area contributed by atoms with E-state index in [9.17, 15) is 23.2 Å². The van der Waals surface area contributed by atoms with Crippen molar-refractivity contribution in [2.24, 2.45) is 0 Å². The maximum atomic E-state index is 13.0. The number of urea groups is 1. The van der Waals surface area contributed by atoms with Crippen LogP contribution in [0, 0.1) is 0 Å². The van der Waals surface area contributed by atoms with Crippen LogP contribution in [-0.2, 0) is 19.1 Å². The van der Waals surface area contributed by atoms with Crippen LogP contribution in [0.4, 0.5) is 29.3 Å². The quantitative estimate of drug-likeness (QED) is 0.593. The number of nitrogens with zero attached hydrogens (tertiary/aromatic N) is 2. The molecule has 0 aromatic heterocycles. The lowest BCUT2D eigenvalue weighted by Crippen LogP contribution is -2.35. The summed E-state index contributed by atoms with van der Waals surface area (Å²) in [6, 6.07) is 9.89. The van der Waals surface area contributed by atoms with Crippen molar-refractivity contribution in [1.29, 1.82) is 0 Å². The van der Waals surface area contributed by atoms with Crippen LogP contribution in [0.2, 0.25) is 0 Å². The Labute approximate surface area is 161 Å². The molecule has 1 heterocycles. The second-order valence-corrected chi connectivity index (χ2v) is 6.76. The number of amides is 2. The van der Waals surface area contributed by atoms with Gasteiger partial charge in [-0.3, -0.25) is 5.21 Å². The zero-order chi connectivity index (χ0) is 20.3. The Morgan fingerprint density at radius 1 is 1.21 bits per heavy atom. The number of carbonyl (C=O) groups is 1. The summed E-state index contributed by atoms with van der Waals surface area (Å²) in [7, 11) is 1.42. The average Bonchev–Trinajstić information content (AvgIpc) is 2.88. The van der Waals surface area contributed by atoms with E-state index >= 15 is 0 Å². The van der Waals surface area contributed by atoms with E-state index in [1.165, 1.54) is 19.2 Å². The Morgan fingerprint density at radius 3 is 2.71 bits per heavy atom. The number of anilines is 2. The molecule has 28 heavy (non-hydrogen) atoms. The second kappa shape index (κ2) is 8.10. The Kier molecular flexibility index (Phi) is 5.79. The van der Waals surface area contributed by atoms with Crippen molar-refractivity contribution in [3.63, 3.8) is 0 Å². The molecule has 3 rings (SSSR count). The maximum Gasteiger partial charge on any atom is 0.416 e. The normalized spacial score (nSPS) is 14.2. The zero-order valence-electron chi connectivity index (χ0n) is 15.5. The molecule has 0 saturated heterocycles. The van der Waals surface area contributed by atoms with E-state index in [1.54, 1.807) is 24.3 Å². The first-order valence-corrected chi connectivity index (χ1v) is 9.04. The number of benzene rings is 2. The summed E-state index contributed by atoms with van der Waals surface area (Å²) in [5, 5.41) is 12.9. The highest BCUT2D eigenvalue weighted by Crippen LogP contribution is 2.33. The predicted octanol–water partition coefficient (Wildman–Crippen LogP) is 4.58. The number of alkyl halides is 3. The Bertz CT molecular complexity index is 855. The maximum absolute atomic E-state index is 13.0. The van der Waals surface area contributed by atoms with Crippen molar-refractivity contribution in [2.75, 3.05) is 23.6 Å². The lowest BCUT2D eigenvalue weighted by molar-refractivity contribution is -0.137. The van der Waals surface area contributed by atoms with Gasteiger partial charge in [-0.25, -0.2) is 4.79 Å². The van der Waals surface area contributed by atoms with Gasteiger partial charge in [0, 0.05) is 25.8 Å². The fraction of sp³-hybridized carbons (Fsp3) is 0.350. The van der Waals surface area contributed by atoms with Crippen LogP contribution in [0.1, 0.15) is 29.5 Å². The molecule has 2 aromatic rings. The van der Waals surface area contributed by atoms with Crippen molar-refractivity contribution < 1.29 is 23.2 Å². The van der Waals surface area contributed by atoms with Gasteiger partial charge in [-0.2, -0.15) is 18.2 Å². The van der Waals surface area contributed by atoms with Gasteiger partial charge in [0.15, 0.2) is 0 Å². The summed E-state index contributed by atoms with van der Waals surface area (Å²) in [4.78, 5) is 13.7. The van der Waals surface area contributed by atoms with Crippen molar-refractivity contribution in [3.05, 3.63) is 59.2 Å². The molecular formula is C20H22F3N3O2. The van der Waals surface area contributed by atoms with Gasteiger partial charge in [-0.05, 0) is 60.7 Å². The van der Waals surface area contributed by atoms with Crippen LogP contribution in [0.25, 0.3) is 0 Å². The van der Waals surface area contributed by atoms with Gasteiger partial charge in [-0.1, -0.05) is 12.1 Å². The van der Waals surface area contributed by atoms with E-state index in [1.807, 2.05) is 4.90 Å². The molecule has 0 aliphatic carbocycles. The highest BCUT2D eigenvalue weighted by molar-refractivity contribution is 5.89. The summed E-state index contributed by atoms with van der Waals surface area (Å²) in [5.41, 5.74) is 2.13. The van der Waals surface area contributed by atoms with E-state index in [0.717, 1.165) is 43.1 Å². The van der Waals surface area contributed by atoms with E-state index in [0.29, 0.717) is 22.9 Å². The Hall–Kier alpha value is -2.74. The number of carbonyl (C=O) groups excluding carboxylic acids is 1. The fourth-order valence-electron chi connectivity index (χ4n) is 3.40. The molecule has 150 valence electrons. The van der Waals surface area contributed by atoms with Crippen molar-refractivity contribution in [3.8, 4) is 0 Å². The minimum Gasteiger partial charge on any atom is -0.367 e. The lowest BCUT2D eigenvalue weighted by atomic mass is 10.1. The second-order valence-electron chi connectivity index (χ2n) is 6.76. The van der Waals surface area contributed by atoms with Crippen LogP contribution in [0.3, 0.4) is 0 Å². The minimum absolute atomic E-state index is 0.346. The van der Waals surface area contributed by atoms with Gasteiger partial charge in [0.2, 0.25) is 0 Å². The molecule has 0 radical (unpaired) electrons. The third kappa shape index (κ3) is 4.39. The number of hydroxylamine groups is 1. The summed E-state index contributed by atoms with van der Waals surface area (Å²) in [6.45, 7) is 1.08. The number of hydrogen-bond acceptors (Lipinski definition) is 3. The van der Waals surface area contributed by atoms with Crippen molar-refractivity contribution in [2.45, 2.75) is 32.0 Å². The minimum atomic E-state index is -4.37. The van der Waals surface area contributed by atoms with Gasteiger partial charge in [0.05, 0.1) is 11.3 Å². The van der Waals surface area contributed by atoms with Gasteiger partial charge in [0.1, 0.15) is 0 Å². The molecule has 0 saturated carbocycles. The van der Waals surface area contributed by atoms with Crippen LogP contribution in [-0.4, -0.2) is 24.8 Å². The summed E-state index contributed by atoms with van der Waals surface area (Å²) in [6.07, 6.45) is -1.78. The molecule has 1 aliphatic rings. The molecule has 1 aliphatic heterocycles. The summed E-state index contributed by atoms with van der Waals surface area (Å²) >= 11 is 0. The number of halogens is 3. The van der Waals surface area contributed by atoms with E-state index in [-0.39, 0.29) is 0 Å². The Balaban J connectivity index is 1.88. The van der Waals surface area contributed by atoms with Crippen molar-refractivity contribution in [1.82, 2.24) is 5.32 Å². The molecule has 0 unspecified atom stereocenters. The van der Waals surface area contributed by atoms with Gasteiger partial charge < -0.3 is 10.2 Å². The van der Waals surface area contributed by atoms with Gasteiger partial charge in [0.25, 0.3) is 0 Å². The number of aryl methyl sites for hydroxylation is 1.